The molecule has 2 rings (SSSR count). The van der Waals surface area contributed by atoms with Gasteiger partial charge in [-0.25, -0.2) is 4.79 Å². The van der Waals surface area contributed by atoms with Gasteiger partial charge in [-0.15, -0.1) is 5.06 Å². The van der Waals surface area contributed by atoms with Crippen LogP contribution in [0.25, 0.3) is 0 Å². The van der Waals surface area contributed by atoms with Crippen LogP contribution in [0.1, 0.15) is 53.4 Å². The molecule has 8 heteroatoms. The predicted molar refractivity (Wildman–Crippen MR) is 85.0 cm³/mol. The SMILES string of the molecule is CC.CC.O=C(CCCN1C(=O)C=CC1=O)ON1C(=O)CCC1=O. The summed E-state index contributed by atoms with van der Waals surface area (Å²) < 4.78 is 0. The van der Waals surface area contributed by atoms with Gasteiger partial charge in [-0.1, -0.05) is 27.7 Å². The molecule has 1 fully saturated rings. The van der Waals surface area contributed by atoms with Crippen molar-refractivity contribution < 1.29 is 28.8 Å². The number of carbonyl (C=O) groups excluding carboxylic acids is 5. The molecule has 134 valence electrons. The molecule has 2 aliphatic rings. The molecule has 0 aromatic heterocycles. The maximum atomic E-state index is 11.5. The van der Waals surface area contributed by atoms with E-state index in [4.69, 9.17) is 0 Å². The molecule has 0 spiro atoms. The lowest BCUT2D eigenvalue weighted by Crippen LogP contribution is -2.33. The van der Waals surface area contributed by atoms with Crippen molar-refractivity contribution in [3.63, 3.8) is 0 Å². The molecule has 0 radical (unpaired) electrons. The quantitative estimate of drug-likeness (QED) is 0.700. The lowest BCUT2D eigenvalue weighted by molar-refractivity contribution is -0.197. The first-order valence-corrected chi connectivity index (χ1v) is 8.09. The van der Waals surface area contributed by atoms with Crippen LogP contribution >= 0.6 is 0 Å². The van der Waals surface area contributed by atoms with E-state index in [1.807, 2.05) is 27.7 Å². The second-order valence-electron chi connectivity index (χ2n) is 4.31. The highest BCUT2D eigenvalue weighted by Crippen LogP contribution is 2.13. The fraction of sp³-hybridized carbons (Fsp3) is 0.562. The number of imide groups is 2. The van der Waals surface area contributed by atoms with E-state index in [9.17, 15) is 24.0 Å². The Morgan fingerprint density at radius 2 is 1.42 bits per heavy atom. The van der Waals surface area contributed by atoms with Crippen LogP contribution in [-0.4, -0.2) is 46.1 Å². The molecule has 0 atom stereocenters. The normalized spacial score (nSPS) is 15.8. The van der Waals surface area contributed by atoms with E-state index in [1.54, 1.807) is 0 Å². The average Bonchev–Trinajstić information content (AvgIpc) is 3.08. The number of rotatable bonds is 5. The van der Waals surface area contributed by atoms with Crippen molar-refractivity contribution in [2.45, 2.75) is 53.4 Å². The number of amides is 4. The van der Waals surface area contributed by atoms with Crippen molar-refractivity contribution in [3.8, 4) is 0 Å². The fourth-order valence-corrected chi connectivity index (χ4v) is 1.84. The molecular weight excluding hydrogens is 316 g/mol. The van der Waals surface area contributed by atoms with Gasteiger partial charge in [-0.3, -0.25) is 24.1 Å². The van der Waals surface area contributed by atoms with Gasteiger partial charge in [0.25, 0.3) is 23.6 Å². The Kier molecular flexibility index (Phi) is 9.93. The zero-order valence-electron chi connectivity index (χ0n) is 14.5. The molecule has 2 aliphatic heterocycles. The molecule has 0 saturated carbocycles. The lowest BCUT2D eigenvalue weighted by Gasteiger charge is -2.14. The molecule has 0 N–H and O–H groups in total. The Morgan fingerprint density at radius 1 is 0.958 bits per heavy atom. The van der Waals surface area contributed by atoms with Gasteiger partial charge in [0.05, 0.1) is 0 Å². The highest BCUT2D eigenvalue weighted by molar-refractivity contribution is 6.12. The summed E-state index contributed by atoms with van der Waals surface area (Å²) in [6.45, 7) is 8.08. The third kappa shape index (κ3) is 5.94. The maximum absolute atomic E-state index is 11.5. The standard InChI is InChI=1S/C12H12N2O6.2C2H6/c15-8-3-4-9(16)13(8)7-1-2-12(19)20-14-10(17)5-6-11(14)18;2*1-2/h3-4H,1-2,5-7H2;2*1-2H3. The summed E-state index contributed by atoms with van der Waals surface area (Å²) in [4.78, 5) is 62.0. The van der Waals surface area contributed by atoms with Gasteiger partial charge in [0, 0.05) is 38.0 Å². The first-order valence-electron chi connectivity index (χ1n) is 8.09. The average molecular weight is 340 g/mol. The second-order valence-corrected chi connectivity index (χ2v) is 4.31. The topological polar surface area (TPSA) is 101 Å². The molecule has 0 aromatic rings. The van der Waals surface area contributed by atoms with Crippen LogP contribution in [0, 0.1) is 0 Å². The number of hydrogen-bond donors (Lipinski definition) is 0. The smallest absolute Gasteiger partial charge is 0.330 e. The Balaban J connectivity index is 0.00000123. The van der Waals surface area contributed by atoms with Crippen LogP contribution in [0.3, 0.4) is 0 Å². The highest BCUT2D eigenvalue weighted by Gasteiger charge is 2.32. The van der Waals surface area contributed by atoms with Crippen LogP contribution in [0.4, 0.5) is 0 Å². The Labute approximate surface area is 141 Å². The van der Waals surface area contributed by atoms with Crippen molar-refractivity contribution in [1.29, 1.82) is 0 Å². The summed E-state index contributed by atoms with van der Waals surface area (Å²) in [5, 5.41) is 0.468. The number of hydroxylamine groups is 2. The number of hydrogen-bond acceptors (Lipinski definition) is 6. The minimum absolute atomic E-state index is 0.0363. The van der Waals surface area contributed by atoms with Gasteiger partial charge in [0.1, 0.15) is 0 Å². The summed E-state index contributed by atoms with van der Waals surface area (Å²) in [6.07, 6.45) is 2.48. The first-order chi connectivity index (χ1) is 11.5. The van der Waals surface area contributed by atoms with Gasteiger partial charge in [-0.2, -0.15) is 0 Å². The first kappa shape index (κ1) is 21.5. The number of carbonyl (C=O) groups is 5. The van der Waals surface area contributed by atoms with Crippen molar-refractivity contribution in [2.24, 2.45) is 0 Å². The molecule has 0 bridgehead atoms. The number of nitrogens with zero attached hydrogens (tertiary/aromatic N) is 2. The summed E-state index contributed by atoms with van der Waals surface area (Å²) >= 11 is 0. The molecule has 8 nitrogen and oxygen atoms in total. The molecule has 0 aliphatic carbocycles. The summed E-state index contributed by atoms with van der Waals surface area (Å²) in [6, 6.07) is 0. The van der Waals surface area contributed by atoms with Gasteiger partial charge >= 0.3 is 5.97 Å². The van der Waals surface area contributed by atoms with E-state index in [0.29, 0.717) is 5.06 Å². The third-order valence-corrected chi connectivity index (χ3v) is 2.86. The molecule has 2 heterocycles. The van der Waals surface area contributed by atoms with E-state index in [2.05, 4.69) is 4.84 Å². The molecule has 1 saturated heterocycles. The third-order valence-electron chi connectivity index (χ3n) is 2.86. The Bertz CT molecular complexity index is 493. The van der Waals surface area contributed by atoms with Crippen molar-refractivity contribution >= 4 is 29.6 Å². The molecule has 4 amide bonds. The Hall–Kier alpha value is -2.51. The monoisotopic (exact) mass is 340 g/mol. The van der Waals surface area contributed by atoms with E-state index in [1.165, 1.54) is 0 Å². The fourth-order valence-electron chi connectivity index (χ4n) is 1.84. The molecule has 0 unspecified atom stereocenters. The van der Waals surface area contributed by atoms with Crippen molar-refractivity contribution in [1.82, 2.24) is 9.96 Å². The molecule has 0 aromatic carbocycles. The van der Waals surface area contributed by atoms with Crippen molar-refractivity contribution in [3.05, 3.63) is 12.2 Å². The largest absolute Gasteiger partial charge is 0.333 e. The van der Waals surface area contributed by atoms with E-state index in [-0.39, 0.29) is 32.2 Å². The summed E-state index contributed by atoms with van der Waals surface area (Å²) in [5.41, 5.74) is 0. The zero-order chi connectivity index (χ0) is 18.7. The minimum atomic E-state index is -0.749. The van der Waals surface area contributed by atoms with Crippen LogP contribution in [0.2, 0.25) is 0 Å². The molecule has 24 heavy (non-hydrogen) atoms. The van der Waals surface area contributed by atoms with Crippen LogP contribution in [0.15, 0.2) is 12.2 Å². The van der Waals surface area contributed by atoms with Gasteiger partial charge in [0.2, 0.25) is 0 Å². The van der Waals surface area contributed by atoms with Gasteiger partial charge < -0.3 is 4.84 Å². The van der Waals surface area contributed by atoms with Gasteiger partial charge in [-0.05, 0) is 6.42 Å². The minimum Gasteiger partial charge on any atom is -0.330 e. The lowest BCUT2D eigenvalue weighted by atomic mass is 10.3. The zero-order valence-corrected chi connectivity index (χ0v) is 14.5. The highest BCUT2D eigenvalue weighted by atomic mass is 16.7. The van der Waals surface area contributed by atoms with Gasteiger partial charge in [0.15, 0.2) is 0 Å². The van der Waals surface area contributed by atoms with E-state index >= 15 is 0 Å². The van der Waals surface area contributed by atoms with E-state index in [0.717, 1.165) is 17.1 Å². The molecular formula is C16H24N2O6. The summed E-state index contributed by atoms with van der Waals surface area (Å²) in [7, 11) is 0. The second kappa shape index (κ2) is 11.1. The predicted octanol–water partition coefficient (Wildman–Crippen LogP) is 1.35. The Morgan fingerprint density at radius 3 is 1.88 bits per heavy atom. The summed E-state index contributed by atoms with van der Waals surface area (Å²) in [5.74, 6) is -2.68. The van der Waals surface area contributed by atoms with E-state index < -0.39 is 29.6 Å². The van der Waals surface area contributed by atoms with Crippen LogP contribution < -0.4 is 0 Å². The van der Waals surface area contributed by atoms with Crippen LogP contribution in [0.5, 0.6) is 0 Å². The van der Waals surface area contributed by atoms with Crippen LogP contribution in [-0.2, 0) is 28.8 Å². The maximum Gasteiger partial charge on any atom is 0.333 e. The van der Waals surface area contributed by atoms with Crippen molar-refractivity contribution in [2.75, 3.05) is 6.54 Å².